The summed E-state index contributed by atoms with van der Waals surface area (Å²) in [6.45, 7) is 5.64. The fourth-order valence-electron chi connectivity index (χ4n) is 1.64. The third kappa shape index (κ3) is 1.22. The Bertz CT molecular complexity index is 263. The molecule has 2 nitrogen and oxygen atoms in total. The minimum atomic E-state index is 0.406. The predicted octanol–water partition coefficient (Wildman–Crippen LogP) is 2.23. The number of hydrogen-bond donors (Lipinski definition) is 0. The Kier molecular flexibility index (Phi) is 1.40. The zero-order valence-corrected chi connectivity index (χ0v) is 8.35. The molecule has 2 heterocycles. The first-order chi connectivity index (χ1) is 5.07. The Balaban J connectivity index is 2.37. The Labute approximate surface area is 74.8 Å². The van der Waals surface area contributed by atoms with Gasteiger partial charge in [0.15, 0.2) is 0 Å². The highest BCUT2D eigenvalue weighted by molar-refractivity contribution is 9.10. The number of nitrogens with zero attached hydrogens (tertiary/aromatic N) is 2. The normalized spacial score (nSPS) is 20.3. The number of aromatic nitrogens is 2. The highest BCUT2D eigenvalue weighted by atomic mass is 79.9. The monoisotopic (exact) mass is 214 g/mol. The summed E-state index contributed by atoms with van der Waals surface area (Å²) in [5, 5.41) is 0. The highest BCUT2D eigenvalue weighted by Crippen LogP contribution is 2.31. The van der Waals surface area contributed by atoms with Gasteiger partial charge in [-0.3, -0.25) is 0 Å². The fraction of sp³-hybridized carbons (Fsp3) is 0.625. The van der Waals surface area contributed by atoms with E-state index in [9.17, 15) is 0 Å². The summed E-state index contributed by atoms with van der Waals surface area (Å²) in [7, 11) is 0. The molecule has 1 aromatic rings. The number of imidazole rings is 1. The molecule has 0 fully saturated rings. The van der Waals surface area contributed by atoms with Crippen molar-refractivity contribution in [2.45, 2.75) is 26.8 Å². The van der Waals surface area contributed by atoms with Crippen LogP contribution >= 0.6 is 15.9 Å². The van der Waals surface area contributed by atoms with E-state index in [1.807, 2.05) is 0 Å². The molecular formula is C8H11BrN2. The second kappa shape index (κ2) is 2.09. The van der Waals surface area contributed by atoms with E-state index in [-0.39, 0.29) is 0 Å². The van der Waals surface area contributed by atoms with Crippen molar-refractivity contribution in [3.63, 3.8) is 0 Å². The average molecular weight is 215 g/mol. The standard InChI is InChI=1S/C8H11BrN2/c1-8(2)3-7-10-6(9)4-11(7)5-8/h4H,3,5H2,1-2H3. The number of fused-ring (bicyclic) bond motifs is 1. The van der Waals surface area contributed by atoms with E-state index in [0.717, 1.165) is 17.6 Å². The van der Waals surface area contributed by atoms with Crippen molar-refractivity contribution in [3.05, 3.63) is 16.6 Å². The quantitative estimate of drug-likeness (QED) is 0.648. The molecule has 0 amide bonds. The molecule has 11 heavy (non-hydrogen) atoms. The molecule has 0 atom stereocenters. The first-order valence-electron chi connectivity index (χ1n) is 3.78. The summed E-state index contributed by atoms with van der Waals surface area (Å²) in [4.78, 5) is 4.37. The van der Waals surface area contributed by atoms with Crippen LogP contribution in [0.3, 0.4) is 0 Å². The Morgan fingerprint density at radius 3 is 3.00 bits per heavy atom. The number of rotatable bonds is 0. The molecule has 2 rings (SSSR count). The lowest BCUT2D eigenvalue weighted by molar-refractivity contribution is 0.358. The first-order valence-corrected chi connectivity index (χ1v) is 4.58. The van der Waals surface area contributed by atoms with Crippen molar-refractivity contribution < 1.29 is 0 Å². The third-order valence-corrected chi connectivity index (χ3v) is 2.45. The van der Waals surface area contributed by atoms with Crippen LogP contribution in [0.1, 0.15) is 19.7 Å². The Hall–Kier alpha value is -0.310. The summed E-state index contributed by atoms with van der Waals surface area (Å²) >= 11 is 3.36. The zero-order chi connectivity index (χ0) is 8.06. The van der Waals surface area contributed by atoms with E-state index in [2.05, 4.69) is 45.5 Å². The Morgan fingerprint density at radius 2 is 2.36 bits per heavy atom. The highest BCUT2D eigenvalue weighted by Gasteiger charge is 2.29. The molecule has 0 radical (unpaired) electrons. The van der Waals surface area contributed by atoms with Gasteiger partial charge in [0.05, 0.1) is 0 Å². The third-order valence-electron chi connectivity index (χ3n) is 2.06. The maximum absolute atomic E-state index is 4.37. The van der Waals surface area contributed by atoms with Crippen LogP contribution in [0, 0.1) is 5.41 Å². The summed E-state index contributed by atoms with van der Waals surface area (Å²) in [6.07, 6.45) is 3.16. The second-order valence-electron chi connectivity index (χ2n) is 3.95. The van der Waals surface area contributed by atoms with Crippen LogP contribution in [0.5, 0.6) is 0 Å². The zero-order valence-electron chi connectivity index (χ0n) is 6.76. The van der Waals surface area contributed by atoms with Gasteiger partial charge in [0.2, 0.25) is 0 Å². The molecule has 60 valence electrons. The van der Waals surface area contributed by atoms with E-state index < -0.39 is 0 Å². The fourth-order valence-corrected chi connectivity index (χ4v) is 2.09. The van der Waals surface area contributed by atoms with Crippen LogP contribution in [0.25, 0.3) is 0 Å². The van der Waals surface area contributed by atoms with Gasteiger partial charge in [0.1, 0.15) is 10.4 Å². The molecule has 0 aromatic carbocycles. The lowest BCUT2D eigenvalue weighted by Crippen LogP contribution is -2.12. The van der Waals surface area contributed by atoms with Crippen LogP contribution in [0.2, 0.25) is 0 Å². The molecule has 1 aromatic heterocycles. The van der Waals surface area contributed by atoms with E-state index in [0.29, 0.717) is 5.41 Å². The first kappa shape index (κ1) is 7.35. The van der Waals surface area contributed by atoms with Gasteiger partial charge in [-0.15, -0.1) is 0 Å². The Morgan fingerprint density at radius 1 is 1.64 bits per heavy atom. The van der Waals surface area contributed by atoms with Crippen molar-refractivity contribution in [2.24, 2.45) is 5.41 Å². The SMILES string of the molecule is CC1(C)Cc2nc(Br)cn2C1. The summed E-state index contributed by atoms with van der Waals surface area (Å²) in [6, 6.07) is 0. The molecule has 0 saturated carbocycles. The molecular weight excluding hydrogens is 204 g/mol. The van der Waals surface area contributed by atoms with Crippen LogP contribution in [0.15, 0.2) is 10.8 Å². The van der Waals surface area contributed by atoms with Gasteiger partial charge in [0, 0.05) is 19.2 Å². The van der Waals surface area contributed by atoms with E-state index in [1.165, 1.54) is 5.82 Å². The van der Waals surface area contributed by atoms with Gasteiger partial charge < -0.3 is 4.57 Å². The molecule has 3 heteroatoms. The van der Waals surface area contributed by atoms with Crippen LogP contribution in [-0.4, -0.2) is 9.55 Å². The van der Waals surface area contributed by atoms with Gasteiger partial charge in [0.25, 0.3) is 0 Å². The van der Waals surface area contributed by atoms with Crippen molar-refractivity contribution in [2.75, 3.05) is 0 Å². The van der Waals surface area contributed by atoms with Gasteiger partial charge in [-0.1, -0.05) is 13.8 Å². The minimum absolute atomic E-state index is 0.406. The summed E-state index contributed by atoms with van der Waals surface area (Å²) in [5.41, 5.74) is 0.406. The van der Waals surface area contributed by atoms with Gasteiger partial charge in [-0.2, -0.15) is 0 Å². The average Bonchev–Trinajstić information content (AvgIpc) is 2.17. The van der Waals surface area contributed by atoms with E-state index in [1.54, 1.807) is 0 Å². The predicted molar refractivity (Wildman–Crippen MR) is 47.4 cm³/mol. The minimum Gasteiger partial charge on any atom is -0.333 e. The lowest BCUT2D eigenvalue weighted by atomic mass is 9.92. The smallest absolute Gasteiger partial charge is 0.124 e. The van der Waals surface area contributed by atoms with Crippen LogP contribution in [0.4, 0.5) is 0 Å². The molecule has 0 bridgehead atoms. The molecule has 0 N–H and O–H groups in total. The van der Waals surface area contributed by atoms with Crippen molar-refractivity contribution in [1.82, 2.24) is 9.55 Å². The number of hydrogen-bond acceptors (Lipinski definition) is 1. The van der Waals surface area contributed by atoms with Gasteiger partial charge in [-0.25, -0.2) is 4.98 Å². The molecule has 0 spiro atoms. The van der Waals surface area contributed by atoms with E-state index in [4.69, 9.17) is 0 Å². The largest absolute Gasteiger partial charge is 0.333 e. The van der Waals surface area contributed by atoms with Crippen molar-refractivity contribution in [1.29, 1.82) is 0 Å². The van der Waals surface area contributed by atoms with Crippen LogP contribution < -0.4 is 0 Å². The molecule has 1 aliphatic rings. The molecule has 0 aliphatic carbocycles. The molecule has 0 saturated heterocycles. The summed E-state index contributed by atoms with van der Waals surface area (Å²) < 4.78 is 3.19. The summed E-state index contributed by atoms with van der Waals surface area (Å²) in [5.74, 6) is 1.21. The van der Waals surface area contributed by atoms with Gasteiger partial charge in [-0.05, 0) is 21.3 Å². The second-order valence-corrected chi connectivity index (χ2v) is 4.76. The lowest BCUT2D eigenvalue weighted by Gasteiger charge is -2.14. The van der Waals surface area contributed by atoms with Crippen molar-refractivity contribution in [3.8, 4) is 0 Å². The van der Waals surface area contributed by atoms with E-state index >= 15 is 0 Å². The topological polar surface area (TPSA) is 17.8 Å². The van der Waals surface area contributed by atoms with Crippen molar-refractivity contribution >= 4 is 15.9 Å². The van der Waals surface area contributed by atoms with Gasteiger partial charge >= 0.3 is 0 Å². The maximum Gasteiger partial charge on any atom is 0.124 e. The molecule has 0 unspecified atom stereocenters. The van der Waals surface area contributed by atoms with Crippen LogP contribution in [-0.2, 0) is 13.0 Å². The maximum atomic E-state index is 4.37. The molecule has 1 aliphatic heterocycles. The number of halogens is 1.